The van der Waals surface area contributed by atoms with Crippen molar-refractivity contribution in [2.45, 2.75) is 26.3 Å². The van der Waals surface area contributed by atoms with Crippen LogP contribution in [0.5, 0.6) is 0 Å². The lowest BCUT2D eigenvalue weighted by Crippen LogP contribution is -1.97. The largest absolute Gasteiger partial charge is 0.298 e. The lowest BCUT2D eigenvalue weighted by atomic mass is 10.1. The van der Waals surface area contributed by atoms with Crippen molar-refractivity contribution in [3.05, 3.63) is 41.0 Å². The molecule has 0 aliphatic carbocycles. The third-order valence-electron chi connectivity index (χ3n) is 2.78. The molecule has 94 valence electrons. The van der Waals surface area contributed by atoms with Crippen LogP contribution < -0.4 is 0 Å². The van der Waals surface area contributed by atoms with E-state index in [1.807, 2.05) is 16.8 Å². The summed E-state index contributed by atoms with van der Waals surface area (Å²) in [6.07, 6.45) is 4.80. The van der Waals surface area contributed by atoms with Crippen LogP contribution in [0.25, 0.3) is 11.3 Å². The molecular weight excluding hydrogens is 248 g/mol. The number of hydrogen-bond donors (Lipinski definition) is 0. The summed E-state index contributed by atoms with van der Waals surface area (Å²) in [5.41, 5.74) is 2.25. The molecule has 0 amide bonds. The summed E-state index contributed by atoms with van der Waals surface area (Å²) in [5, 5.41) is 5.14. The molecule has 0 unspecified atom stereocenters. The number of aryl methyl sites for hydroxylation is 1. The van der Waals surface area contributed by atoms with Crippen LogP contribution in [0.3, 0.4) is 0 Å². The second kappa shape index (κ2) is 5.83. The number of carbonyl (C=O) groups is 1. The molecule has 1 heterocycles. The van der Waals surface area contributed by atoms with E-state index in [2.05, 4.69) is 12.0 Å². The molecule has 0 aliphatic rings. The van der Waals surface area contributed by atoms with Crippen LogP contribution >= 0.6 is 11.6 Å². The molecule has 0 saturated carbocycles. The molecule has 0 spiro atoms. The van der Waals surface area contributed by atoms with Crippen LogP contribution in [0.1, 0.15) is 30.1 Å². The van der Waals surface area contributed by atoms with Crippen molar-refractivity contribution in [1.29, 1.82) is 0 Å². The van der Waals surface area contributed by atoms with Crippen molar-refractivity contribution in [1.82, 2.24) is 9.78 Å². The third-order valence-corrected chi connectivity index (χ3v) is 3.03. The zero-order chi connectivity index (χ0) is 13.0. The van der Waals surface area contributed by atoms with Gasteiger partial charge >= 0.3 is 0 Å². The Morgan fingerprint density at radius 2 is 2.06 bits per heavy atom. The van der Waals surface area contributed by atoms with Crippen molar-refractivity contribution >= 4 is 17.9 Å². The monoisotopic (exact) mass is 262 g/mol. The van der Waals surface area contributed by atoms with Crippen molar-refractivity contribution in [3.8, 4) is 11.3 Å². The topological polar surface area (TPSA) is 34.9 Å². The number of aromatic nitrogens is 2. The molecule has 0 atom stereocenters. The Kier molecular flexibility index (Phi) is 4.15. The van der Waals surface area contributed by atoms with Crippen LogP contribution in [-0.4, -0.2) is 16.1 Å². The Labute approximate surface area is 111 Å². The molecular formula is C14H15ClN2O. The second-order valence-electron chi connectivity index (χ2n) is 4.17. The maximum atomic E-state index is 11.1. The van der Waals surface area contributed by atoms with E-state index in [0.717, 1.165) is 36.9 Å². The minimum atomic E-state index is 0.619. The number of nitrogens with zero attached hydrogens (tertiary/aromatic N) is 2. The molecule has 3 nitrogen and oxygen atoms in total. The van der Waals surface area contributed by atoms with E-state index >= 15 is 0 Å². The fraction of sp³-hybridized carbons (Fsp3) is 0.286. The van der Waals surface area contributed by atoms with E-state index < -0.39 is 0 Å². The maximum absolute atomic E-state index is 11.1. The highest BCUT2D eigenvalue weighted by Gasteiger charge is 2.10. The molecule has 0 saturated heterocycles. The number of benzene rings is 1. The van der Waals surface area contributed by atoms with Gasteiger partial charge < -0.3 is 0 Å². The second-order valence-corrected chi connectivity index (χ2v) is 4.61. The Morgan fingerprint density at radius 1 is 1.33 bits per heavy atom. The summed E-state index contributed by atoms with van der Waals surface area (Å²) < 4.78 is 1.83. The van der Waals surface area contributed by atoms with E-state index in [-0.39, 0.29) is 0 Å². The first kappa shape index (κ1) is 12.8. The molecule has 4 heteroatoms. The number of aldehydes is 1. The van der Waals surface area contributed by atoms with Gasteiger partial charge in [0.15, 0.2) is 6.29 Å². The third kappa shape index (κ3) is 2.79. The van der Waals surface area contributed by atoms with Gasteiger partial charge in [-0.05, 0) is 18.6 Å². The minimum absolute atomic E-state index is 0.619. The van der Waals surface area contributed by atoms with Gasteiger partial charge in [0.1, 0.15) is 5.69 Å². The quantitative estimate of drug-likeness (QED) is 0.768. The summed E-state index contributed by atoms with van der Waals surface area (Å²) in [6, 6.07) is 7.36. The number of carbonyl (C=O) groups excluding carboxylic acids is 1. The molecule has 1 aromatic heterocycles. The minimum Gasteiger partial charge on any atom is -0.298 e. The van der Waals surface area contributed by atoms with Gasteiger partial charge in [0.05, 0.1) is 5.56 Å². The van der Waals surface area contributed by atoms with E-state index in [0.29, 0.717) is 10.6 Å². The molecule has 0 bridgehead atoms. The normalized spacial score (nSPS) is 10.6. The first-order valence-corrected chi connectivity index (χ1v) is 6.41. The Balaban J connectivity index is 2.33. The van der Waals surface area contributed by atoms with Crippen LogP contribution in [0.2, 0.25) is 5.02 Å². The predicted octanol–water partition coefficient (Wildman–Crippen LogP) is 3.82. The van der Waals surface area contributed by atoms with Crippen molar-refractivity contribution < 1.29 is 4.79 Å². The summed E-state index contributed by atoms with van der Waals surface area (Å²) in [5.74, 6) is 0. The molecule has 2 rings (SSSR count). The highest BCUT2D eigenvalue weighted by Crippen LogP contribution is 2.22. The Bertz CT molecular complexity index is 531. The van der Waals surface area contributed by atoms with E-state index in [1.54, 1.807) is 18.3 Å². The molecule has 0 aliphatic heterocycles. The Hall–Kier alpha value is -1.61. The standard InChI is InChI=1S/C14H15ClN2O/c1-2-3-8-17-9-12(10-18)14(16-17)11-4-6-13(15)7-5-11/h4-7,9-10H,2-3,8H2,1H3. The zero-order valence-electron chi connectivity index (χ0n) is 10.3. The summed E-state index contributed by atoms with van der Waals surface area (Å²) in [7, 11) is 0. The van der Waals surface area contributed by atoms with Gasteiger partial charge in [-0.15, -0.1) is 0 Å². The van der Waals surface area contributed by atoms with Gasteiger partial charge in [0, 0.05) is 23.3 Å². The van der Waals surface area contributed by atoms with Crippen LogP contribution in [-0.2, 0) is 6.54 Å². The molecule has 0 N–H and O–H groups in total. The molecule has 0 radical (unpaired) electrons. The van der Waals surface area contributed by atoms with Crippen LogP contribution in [0, 0.1) is 0 Å². The van der Waals surface area contributed by atoms with Gasteiger partial charge in [-0.3, -0.25) is 9.48 Å². The highest BCUT2D eigenvalue weighted by atomic mass is 35.5. The van der Waals surface area contributed by atoms with Crippen LogP contribution in [0.15, 0.2) is 30.5 Å². The number of rotatable bonds is 5. The number of unbranched alkanes of at least 4 members (excludes halogenated alkanes) is 1. The fourth-order valence-electron chi connectivity index (χ4n) is 1.79. The Morgan fingerprint density at radius 3 is 2.67 bits per heavy atom. The summed E-state index contributed by atoms with van der Waals surface area (Å²) in [4.78, 5) is 11.1. The van der Waals surface area contributed by atoms with Crippen molar-refractivity contribution in [3.63, 3.8) is 0 Å². The maximum Gasteiger partial charge on any atom is 0.153 e. The zero-order valence-corrected chi connectivity index (χ0v) is 11.0. The summed E-state index contributed by atoms with van der Waals surface area (Å²) in [6.45, 7) is 2.97. The van der Waals surface area contributed by atoms with Gasteiger partial charge in [0.25, 0.3) is 0 Å². The molecule has 2 aromatic rings. The smallest absolute Gasteiger partial charge is 0.153 e. The van der Waals surface area contributed by atoms with Crippen LogP contribution in [0.4, 0.5) is 0 Å². The van der Waals surface area contributed by atoms with E-state index in [4.69, 9.17) is 11.6 Å². The average Bonchev–Trinajstić information content (AvgIpc) is 2.80. The van der Waals surface area contributed by atoms with Gasteiger partial charge in [-0.2, -0.15) is 5.10 Å². The summed E-state index contributed by atoms with van der Waals surface area (Å²) >= 11 is 5.85. The fourth-order valence-corrected chi connectivity index (χ4v) is 1.92. The lowest BCUT2D eigenvalue weighted by molar-refractivity contribution is 0.112. The first-order chi connectivity index (χ1) is 8.74. The van der Waals surface area contributed by atoms with E-state index in [1.165, 1.54) is 0 Å². The highest BCUT2D eigenvalue weighted by molar-refractivity contribution is 6.30. The number of hydrogen-bond acceptors (Lipinski definition) is 2. The number of halogens is 1. The molecule has 18 heavy (non-hydrogen) atoms. The lowest BCUT2D eigenvalue weighted by Gasteiger charge is -1.99. The van der Waals surface area contributed by atoms with Gasteiger partial charge in [-0.1, -0.05) is 37.1 Å². The molecule has 1 aromatic carbocycles. The van der Waals surface area contributed by atoms with Gasteiger partial charge in [-0.25, -0.2) is 0 Å². The predicted molar refractivity (Wildman–Crippen MR) is 73.0 cm³/mol. The van der Waals surface area contributed by atoms with Crippen molar-refractivity contribution in [2.24, 2.45) is 0 Å². The SMILES string of the molecule is CCCCn1cc(C=O)c(-c2ccc(Cl)cc2)n1. The van der Waals surface area contributed by atoms with Crippen molar-refractivity contribution in [2.75, 3.05) is 0 Å². The van der Waals surface area contributed by atoms with Gasteiger partial charge in [0.2, 0.25) is 0 Å². The van der Waals surface area contributed by atoms with E-state index in [9.17, 15) is 4.79 Å². The first-order valence-electron chi connectivity index (χ1n) is 6.03. The average molecular weight is 263 g/mol. The molecule has 0 fully saturated rings.